The molecule has 2 rings (SSSR count). The summed E-state index contributed by atoms with van der Waals surface area (Å²) in [6, 6.07) is 8.63. The van der Waals surface area contributed by atoms with E-state index in [-0.39, 0.29) is 24.0 Å². The van der Waals surface area contributed by atoms with Crippen LogP contribution in [0.5, 0.6) is 0 Å². The minimum absolute atomic E-state index is 0. The van der Waals surface area contributed by atoms with E-state index in [0.29, 0.717) is 12.5 Å². The first-order chi connectivity index (χ1) is 13.0. The molecular weight excluding hydrogens is 463 g/mol. The molecule has 0 radical (unpaired) electrons. The van der Waals surface area contributed by atoms with Crippen molar-refractivity contribution in [1.82, 2.24) is 20.2 Å². The van der Waals surface area contributed by atoms with Crippen molar-refractivity contribution < 1.29 is 0 Å². The van der Waals surface area contributed by atoms with Gasteiger partial charge in [-0.25, -0.2) is 4.98 Å². The summed E-state index contributed by atoms with van der Waals surface area (Å²) < 4.78 is 2.20. The Morgan fingerprint density at radius 1 is 1.29 bits per heavy atom. The number of aliphatic imine (C=N–C) groups is 1. The van der Waals surface area contributed by atoms with Crippen LogP contribution in [-0.2, 0) is 13.1 Å². The van der Waals surface area contributed by atoms with Crippen molar-refractivity contribution in [3.63, 3.8) is 0 Å². The third kappa shape index (κ3) is 7.69. The largest absolute Gasteiger partial charge is 0.370 e. The van der Waals surface area contributed by atoms with Gasteiger partial charge in [0, 0.05) is 51.3 Å². The summed E-state index contributed by atoms with van der Waals surface area (Å²) in [6.45, 7) is 13.1. The average molecular weight is 498 g/mol. The first kappa shape index (κ1) is 24.3. The molecule has 0 fully saturated rings. The lowest BCUT2D eigenvalue weighted by molar-refractivity contribution is 0.503. The maximum Gasteiger partial charge on any atom is 0.191 e. The van der Waals surface area contributed by atoms with Crippen molar-refractivity contribution in [2.45, 2.75) is 40.8 Å². The summed E-state index contributed by atoms with van der Waals surface area (Å²) in [7, 11) is 1.80. The second-order valence-electron chi connectivity index (χ2n) is 7.16. The molecule has 6 nitrogen and oxygen atoms in total. The molecule has 1 aromatic carbocycles. The van der Waals surface area contributed by atoms with E-state index in [1.807, 2.05) is 12.4 Å². The third-order valence-corrected chi connectivity index (χ3v) is 4.42. The van der Waals surface area contributed by atoms with Crippen LogP contribution < -0.4 is 15.5 Å². The number of nitrogens with zero attached hydrogens (tertiary/aromatic N) is 4. The molecule has 0 aliphatic heterocycles. The Balaban J connectivity index is 0.00000392. The molecule has 0 aliphatic rings. The van der Waals surface area contributed by atoms with Gasteiger partial charge in [-0.1, -0.05) is 26.0 Å². The van der Waals surface area contributed by atoms with Gasteiger partial charge in [-0.15, -0.1) is 24.0 Å². The Bertz CT molecular complexity index is 725. The maximum absolute atomic E-state index is 4.45. The van der Waals surface area contributed by atoms with Gasteiger partial charge in [0.25, 0.3) is 0 Å². The molecule has 0 aliphatic carbocycles. The van der Waals surface area contributed by atoms with Gasteiger partial charge in [0.1, 0.15) is 5.82 Å². The van der Waals surface area contributed by atoms with Crippen molar-refractivity contribution in [3.05, 3.63) is 48.0 Å². The van der Waals surface area contributed by atoms with Gasteiger partial charge >= 0.3 is 0 Å². The molecule has 0 atom stereocenters. The van der Waals surface area contributed by atoms with Crippen molar-refractivity contribution in [3.8, 4) is 0 Å². The smallest absolute Gasteiger partial charge is 0.191 e. The van der Waals surface area contributed by atoms with Gasteiger partial charge in [0.15, 0.2) is 5.96 Å². The number of aromatic nitrogens is 2. The van der Waals surface area contributed by atoms with Gasteiger partial charge in [-0.05, 0) is 37.5 Å². The van der Waals surface area contributed by atoms with Crippen LogP contribution in [0.1, 0.15) is 32.2 Å². The minimum atomic E-state index is 0. The molecule has 0 spiro atoms. The maximum atomic E-state index is 4.45. The van der Waals surface area contributed by atoms with Crippen molar-refractivity contribution in [1.29, 1.82) is 0 Å². The molecule has 2 aromatic rings. The van der Waals surface area contributed by atoms with Crippen LogP contribution in [0.25, 0.3) is 0 Å². The SMILES string of the molecule is CCN(CCNC(=NC)NCc1nccn1CC(C)C)c1cccc(C)c1.I. The average Bonchev–Trinajstić information content (AvgIpc) is 3.07. The fraction of sp³-hybridized carbons (Fsp3) is 0.524. The molecule has 2 N–H and O–H groups in total. The number of rotatable bonds is 9. The van der Waals surface area contributed by atoms with E-state index in [1.165, 1.54) is 11.3 Å². The van der Waals surface area contributed by atoms with Gasteiger partial charge < -0.3 is 20.1 Å². The summed E-state index contributed by atoms with van der Waals surface area (Å²) in [6.07, 6.45) is 3.89. The lowest BCUT2D eigenvalue weighted by atomic mass is 10.2. The zero-order chi connectivity index (χ0) is 19.6. The number of aryl methyl sites for hydroxylation is 1. The van der Waals surface area contributed by atoms with Crippen LogP contribution in [0, 0.1) is 12.8 Å². The van der Waals surface area contributed by atoms with E-state index in [4.69, 9.17) is 0 Å². The summed E-state index contributed by atoms with van der Waals surface area (Å²) in [5, 5.41) is 6.76. The number of hydrogen-bond donors (Lipinski definition) is 2. The number of likely N-dealkylation sites (N-methyl/N-ethyl adjacent to an activating group) is 1. The highest BCUT2D eigenvalue weighted by atomic mass is 127. The number of nitrogens with one attached hydrogen (secondary N) is 2. The Morgan fingerprint density at radius 3 is 2.71 bits per heavy atom. The topological polar surface area (TPSA) is 57.5 Å². The van der Waals surface area contributed by atoms with E-state index in [9.17, 15) is 0 Å². The van der Waals surface area contributed by atoms with E-state index < -0.39 is 0 Å². The van der Waals surface area contributed by atoms with E-state index in [1.54, 1.807) is 7.05 Å². The van der Waals surface area contributed by atoms with Crippen LogP contribution in [0.4, 0.5) is 5.69 Å². The first-order valence-electron chi connectivity index (χ1n) is 9.79. The molecule has 1 aromatic heterocycles. The zero-order valence-corrected chi connectivity index (χ0v) is 20.1. The quantitative estimate of drug-likeness (QED) is 0.315. The highest BCUT2D eigenvalue weighted by molar-refractivity contribution is 14.0. The van der Waals surface area contributed by atoms with E-state index >= 15 is 0 Å². The lowest BCUT2D eigenvalue weighted by Gasteiger charge is -2.24. The number of guanidine groups is 1. The van der Waals surface area contributed by atoms with Gasteiger partial charge in [0.05, 0.1) is 6.54 Å². The number of benzene rings is 1. The van der Waals surface area contributed by atoms with Crippen LogP contribution in [-0.4, -0.2) is 42.2 Å². The molecule has 0 amide bonds. The van der Waals surface area contributed by atoms with Gasteiger partial charge in [-0.2, -0.15) is 0 Å². The number of hydrogen-bond acceptors (Lipinski definition) is 3. The number of anilines is 1. The minimum Gasteiger partial charge on any atom is -0.370 e. The summed E-state index contributed by atoms with van der Waals surface area (Å²) in [5.41, 5.74) is 2.55. The third-order valence-electron chi connectivity index (χ3n) is 4.42. The molecule has 7 heteroatoms. The van der Waals surface area contributed by atoms with Crippen molar-refractivity contribution >= 4 is 35.6 Å². The van der Waals surface area contributed by atoms with Crippen LogP contribution in [0.15, 0.2) is 41.7 Å². The van der Waals surface area contributed by atoms with Crippen molar-refractivity contribution in [2.75, 3.05) is 31.6 Å². The van der Waals surface area contributed by atoms with Crippen LogP contribution >= 0.6 is 24.0 Å². The fourth-order valence-corrected chi connectivity index (χ4v) is 3.05. The Kier molecular flexibility index (Phi) is 11.0. The van der Waals surface area contributed by atoms with Crippen LogP contribution in [0.3, 0.4) is 0 Å². The normalized spacial score (nSPS) is 11.3. The van der Waals surface area contributed by atoms with E-state index in [2.05, 4.69) is 82.0 Å². The second-order valence-corrected chi connectivity index (χ2v) is 7.16. The monoisotopic (exact) mass is 498 g/mol. The van der Waals surface area contributed by atoms with Crippen molar-refractivity contribution in [2.24, 2.45) is 10.9 Å². The molecule has 156 valence electrons. The predicted molar refractivity (Wildman–Crippen MR) is 130 cm³/mol. The second kappa shape index (κ2) is 12.6. The molecule has 0 saturated heterocycles. The zero-order valence-electron chi connectivity index (χ0n) is 17.8. The number of imidazole rings is 1. The lowest BCUT2D eigenvalue weighted by Crippen LogP contribution is -2.41. The highest BCUT2D eigenvalue weighted by Gasteiger charge is 2.07. The Labute approximate surface area is 186 Å². The molecule has 0 saturated carbocycles. The number of halogens is 1. The fourth-order valence-electron chi connectivity index (χ4n) is 3.05. The van der Waals surface area contributed by atoms with Gasteiger partial charge in [-0.3, -0.25) is 4.99 Å². The predicted octanol–water partition coefficient (Wildman–Crippen LogP) is 3.66. The highest BCUT2D eigenvalue weighted by Crippen LogP contribution is 2.14. The molecule has 0 unspecified atom stereocenters. The summed E-state index contributed by atoms with van der Waals surface area (Å²) in [4.78, 5) is 11.1. The standard InChI is InChI=1S/C21H34N6.HI/c1-6-26(19-9-7-8-18(4)14-19)12-11-24-21(22-5)25-15-20-23-10-13-27(20)16-17(2)3;/h7-10,13-14,17H,6,11-12,15-16H2,1-5H3,(H2,22,24,25);1H. The Morgan fingerprint density at radius 2 is 2.07 bits per heavy atom. The first-order valence-corrected chi connectivity index (χ1v) is 9.79. The van der Waals surface area contributed by atoms with Gasteiger partial charge in [0.2, 0.25) is 0 Å². The molecule has 28 heavy (non-hydrogen) atoms. The summed E-state index contributed by atoms with van der Waals surface area (Å²) in [5.74, 6) is 2.42. The Hall–Kier alpha value is -1.77. The van der Waals surface area contributed by atoms with E-state index in [0.717, 1.165) is 38.0 Å². The molecule has 1 heterocycles. The summed E-state index contributed by atoms with van der Waals surface area (Å²) >= 11 is 0. The van der Waals surface area contributed by atoms with Crippen LogP contribution in [0.2, 0.25) is 0 Å². The molecular formula is C21H35IN6. The molecule has 0 bridgehead atoms.